The Hall–Kier alpha value is -1.46. The van der Waals surface area contributed by atoms with E-state index in [2.05, 4.69) is 49.5 Å². The minimum Gasteiger partial charge on any atom is -0.493 e. The number of nitrogens with zero attached hydrogens (tertiary/aromatic N) is 2. The van der Waals surface area contributed by atoms with E-state index in [1.54, 1.807) is 25.1 Å². The molecular formula is C15H21N3OS. The fraction of sp³-hybridized carbons (Fsp3) is 0.400. The topological polar surface area (TPSA) is 53.1 Å². The molecule has 0 aliphatic heterocycles. The molecule has 108 valence electrons. The molecule has 0 fully saturated rings. The lowest BCUT2D eigenvalue weighted by Crippen LogP contribution is -2.19. The predicted octanol–water partition coefficient (Wildman–Crippen LogP) is 3.24. The van der Waals surface area contributed by atoms with Gasteiger partial charge in [-0.1, -0.05) is 12.1 Å². The van der Waals surface area contributed by atoms with E-state index in [0.717, 1.165) is 17.0 Å². The molecule has 5 heteroatoms. The average molecular weight is 291 g/mol. The van der Waals surface area contributed by atoms with E-state index in [0.29, 0.717) is 0 Å². The summed E-state index contributed by atoms with van der Waals surface area (Å²) in [5, 5.41) is 4.37. The molecule has 0 radical (unpaired) electrons. The molecule has 20 heavy (non-hydrogen) atoms. The second-order valence-corrected chi connectivity index (χ2v) is 5.77. The van der Waals surface area contributed by atoms with Gasteiger partial charge < -0.3 is 10.5 Å². The number of aromatic nitrogens is 2. The van der Waals surface area contributed by atoms with Crippen molar-refractivity contribution in [3.05, 3.63) is 41.7 Å². The molecular weight excluding hydrogens is 270 g/mol. The van der Waals surface area contributed by atoms with Crippen LogP contribution in [0.3, 0.4) is 0 Å². The number of ether oxygens (including phenoxy) is 1. The normalized spacial score (nSPS) is 12.7. The Labute approximate surface area is 124 Å². The molecule has 2 rings (SSSR count). The van der Waals surface area contributed by atoms with Gasteiger partial charge in [-0.05, 0) is 37.8 Å². The molecule has 0 aliphatic rings. The van der Waals surface area contributed by atoms with E-state index in [-0.39, 0.29) is 12.1 Å². The highest BCUT2D eigenvalue weighted by molar-refractivity contribution is 7.98. The maximum atomic E-state index is 6.42. The van der Waals surface area contributed by atoms with Crippen molar-refractivity contribution < 1.29 is 4.74 Å². The lowest BCUT2D eigenvalue weighted by atomic mass is 10.0. The summed E-state index contributed by atoms with van der Waals surface area (Å²) in [4.78, 5) is 1.23. The quantitative estimate of drug-likeness (QED) is 0.859. The van der Waals surface area contributed by atoms with Crippen LogP contribution in [-0.2, 0) is 0 Å². The molecule has 0 aliphatic carbocycles. The lowest BCUT2D eigenvalue weighted by Gasteiger charge is -2.18. The highest BCUT2D eigenvalue weighted by Gasteiger charge is 2.21. The van der Waals surface area contributed by atoms with E-state index in [9.17, 15) is 0 Å². The number of hydrogen-bond acceptors (Lipinski definition) is 4. The van der Waals surface area contributed by atoms with Gasteiger partial charge in [0.15, 0.2) is 5.75 Å². The molecule has 2 N–H and O–H groups in total. The molecule has 1 aromatic carbocycles. The number of nitrogens with two attached hydrogens (primary N) is 1. The smallest absolute Gasteiger partial charge is 0.161 e. The van der Waals surface area contributed by atoms with Crippen LogP contribution in [0.1, 0.15) is 37.2 Å². The Bertz CT molecular complexity index is 563. The zero-order valence-corrected chi connectivity index (χ0v) is 13.1. The fourth-order valence-corrected chi connectivity index (χ4v) is 2.60. The van der Waals surface area contributed by atoms with Crippen LogP contribution in [0.4, 0.5) is 0 Å². The molecule has 1 aromatic heterocycles. The summed E-state index contributed by atoms with van der Waals surface area (Å²) < 4.78 is 7.32. The predicted molar refractivity (Wildman–Crippen MR) is 83.4 cm³/mol. The van der Waals surface area contributed by atoms with Crippen LogP contribution in [0.15, 0.2) is 35.4 Å². The van der Waals surface area contributed by atoms with Crippen LogP contribution in [0, 0.1) is 0 Å². The summed E-state index contributed by atoms with van der Waals surface area (Å²) in [7, 11) is 1.65. The second kappa shape index (κ2) is 6.33. The van der Waals surface area contributed by atoms with Gasteiger partial charge in [-0.25, -0.2) is 0 Å². The van der Waals surface area contributed by atoms with Crippen LogP contribution < -0.4 is 10.5 Å². The van der Waals surface area contributed by atoms with Gasteiger partial charge in [0.1, 0.15) is 5.69 Å². The monoisotopic (exact) mass is 291 g/mol. The highest BCUT2D eigenvalue weighted by Crippen LogP contribution is 2.30. The highest BCUT2D eigenvalue weighted by atomic mass is 32.2. The molecule has 1 heterocycles. The minimum absolute atomic E-state index is 0.241. The van der Waals surface area contributed by atoms with Crippen molar-refractivity contribution in [2.75, 3.05) is 13.4 Å². The zero-order chi connectivity index (χ0) is 14.7. The Kier molecular flexibility index (Phi) is 4.73. The maximum absolute atomic E-state index is 6.42. The van der Waals surface area contributed by atoms with Gasteiger partial charge in [0.05, 0.1) is 19.3 Å². The molecule has 1 unspecified atom stereocenters. The standard InChI is InChI=1S/C15H21N3OS/c1-10(2)18-15(13(19-3)9-17-18)14(16)11-5-7-12(20-4)8-6-11/h5-10,14H,16H2,1-4H3. The summed E-state index contributed by atoms with van der Waals surface area (Å²) in [6, 6.07) is 8.29. The third-order valence-corrected chi connectivity index (χ3v) is 4.02. The number of thioether (sulfide) groups is 1. The minimum atomic E-state index is -0.245. The van der Waals surface area contributed by atoms with Gasteiger partial charge in [-0.15, -0.1) is 11.8 Å². The summed E-state index contributed by atoms with van der Waals surface area (Å²) in [5.74, 6) is 0.736. The third-order valence-electron chi connectivity index (χ3n) is 3.28. The van der Waals surface area contributed by atoms with Crippen LogP contribution in [0.2, 0.25) is 0 Å². The second-order valence-electron chi connectivity index (χ2n) is 4.89. The number of benzene rings is 1. The van der Waals surface area contributed by atoms with Gasteiger partial charge in [-0.2, -0.15) is 5.10 Å². The first kappa shape index (κ1) is 14.9. The van der Waals surface area contributed by atoms with E-state index >= 15 is 0 Å². The summed E-state index contributed by atoms with van der Waals surface area (Å²) >= 11 is 1.72. The van der Waals surface area contributed by atoms with Crippen LogP contribution in [0.25, 0.3) is 0 Å². The molecule has 4 nitrogen and oxygen atoms in total. The Morgan fingerprint density at radius 2 is 1.90 bits per heavy atom. The molecule has 2 aromatic rings. The third kappa shape index (κ3) is 2.83. The molecule has 0 bridgehead atoms. The van der Waals surface area contributed by atoms with Crippen molar-refractivity contribution in [1.82, 2.24) is 9.78 Å². The molecule has 0 saturated heterocycles. The van der Waals surface area contributed by atoms with Crippen molar-refractivity contribution in [2.45, 2.75) is 30.8 Å². The Morgan fingerprint density at radius 3 is 2.40 bits per heavy atom. The van der Waals surface area contributed by atoms with Gasteiger partial charge in [0, 0.05) is 10.9 Å². The largest absolute Gasteiger partial charge is 0.493 e. The molecule has 0 spiro atoms. The Balaban J connectivity index is 2.40. The molecule has 0 amide bonds. The van der Waals surface area contributed by atoms with E-state index in [1.807, 2.05) is 4.68 Å². The Morgan fingerprint density at radius 1 is 1.25 bits per heavy atom. The van der Waals surface area contributed by atoms with Crippen molar-refractivity contribution in [3.8, 4) is 5.75 Å². The van der Waals surface area contributed by atoms with E-state index in [1.165, 1.54) is 4.90 Å². The van der Waals surface area contributed by atoms with Gasteiger partial charge in [0.25, 0.3) is 0 Å². The van der Waals surface area contributed by atoms with Crippen LogP contribution in [0.5, 0.6) is 5.75 Å². The van der Waals surface area contributed by atoms with Gasteiger partial charge in [-0.3, -0.25) is 4.68 Å². The molecule has 0 saturated carbocycles. The summed E-state index contributed by atoms with van der Waals surface area (Å²) in [6.07, 6.45) is 3.79. The first-order valence-corrected chi connectivity index (χ1v) is 7.81. The van der Waals surface area contributed by atoms with Crippen LogP contribution in [-0.4, -0.2) is 23.1 Å². The number of methoxy groups -OCH3 is 1. The van der Waals surface area contributed by atoms with Crippen LogP contribution >= 0.6 is 11.8 Å². The van der Waals surface area contributed by atoms with Crippen molar-refractivity contribution in [2.24, 2.45) is 5.73 Å². The first-order chi connectivity index (χ1) is 9.58. The number of hydrogen-bond donors (Lipinski definition) is 1. The van der Waals surface area contributed by atoms with Crippen molar-refractivity contribution in [3.63, 3.8) is 0 Å². The first-order valence-electron chi connectivity index (χ1n) is 6.59. The SMILES string of the molecule is COc1cnn(C(C)C)c1C(N)c1ccc(SC)cc1. The van der Waals surface area contributed by atoms with E-state index in [4.69, 9.17) is 10.5 Å². The van der Waals surface area contributed by atoms with Gasteiger partial charge >= 0.3 is 0 Å². The average Bonchev–Trinajstić information content (AvgIpc) is 2.90. The molecule has 1 atom stereocenters. The summed E-state index contributed by atoms with van der Waals surface area (Å²) in [5.41, 5.74) is 8.39. The van der Waals surface area contributed by atoms with Crippen molar-refractivity contribution >= 4 is 11.8 Å². The van der Waals surface area contributed by atoms with E-state index < -0.39 is 0 Å². The zero-order valence-electron chi connectivity index (χ0n) is 12.3. The van der Waals surface area contributed by atoms with Crippen molar-refractivity contribution in [1.29, 1.82) is 0 Å². The fourth-order valence-electron chi connectivity index (χ4n) is 2.19. The van der Waals surface area contributed by atoms with Gasteiger partial charge in [0.2, 0.25) is 0 Å². The maximum Gasteiger partial charge on any atom is 0.161 e. The summed E-state index contributed by atoms with van der Waals surface area (Å²) in [6.45, 7) is 4.17. The number of rotatable bonds is 5. The lowest BCUT2D eigenvalue weighted by molar-refractivity contribution is 0.401.